The number of aliphatic hydroxyl groups excluding tert-OH is 1. The molecule has 1 saturated heterocycles. The number of piperazine rings is 1. The Balaban J connectivity index is 1.59. The van der Waals surface area contributed by atoms with E-state index in [1.165, 1.54) is 7.11 Å². The van der Waals surface area contributed by atoms with Crippen LogP contribution in [0.1, 0.15) is 45.5 Å². The third-order valence-corrected chi connectivity index (χ3v) is 8.09. The summed E-state index contributed by atoms with van der Waals surface area (Å²) >= 11 is 0. The first-order valence-corrected chi connectivity index (χ1v) is 11.5. The molecule has 0 spiro atoms. The summed E-state index contributed by atoms with van der Waals surface area (Å²) in [5.74, 6) is 1.46. The van der Waals surface area contributed by atoms with Gasteiger partial charge in [-0.1, -0.05) is 6.07 Å². The van der Waals surface area contributed by atoms with Gasteiger partial charge >= 0.3 is 0 Å². The first kappa shape index (κ1) is 21.4. The zero-order chi connectivity index (χ0) is 24.0. The van der Waals surface area contributed by atoms with Crippen molar-refractivity contribution in [2.45, 2.75) is 50.9 Å². The minimum atomic E-state index is -0.696. The average Bonchev–Trinajstić information content (AvgIpc) is 3.30. The van der Waals surface area contributed by atoms with E-state index in [4.69, 9.17) is 14.2 Å². The quantitative estimate of drug-likeness (QED) is 0.612. The molecule has 1 fully saturated rings. The van der Waals surface area contributed by atoms with Crippen LogP contribution in [-0.2, 0) is 17.6 Å². The number of rotatable bonds is 2. The van der Waals surface area contributed by atoms with Gasteiger partial charge in [0.15, 0.2) is 23.0 Å². The molecule has 4 atom stereocenters. The summed E-state index contributed by atoms with van der Waals surface area (Å²) in [4.78, 5) is 17.6. The van der Waals surface area contributed by atoms with Crippen molar-refractivity contribution >= 4 is 5.91 Å². The smallest absolute Gasteiger partial charge is 0.241 e. The van der Waals surface area contributed by atoms with Crippen molar-refractivity contribution in [3.8, 4) is 28.7 Å². The number of aromatic hydroxyl groups is 2. The molecule has 180 valence electrons. The number of carbonyl (C=O) groups excluding carboxylic acids is 1. The van der Waals surface area contributed by atoms with Gasteiger partial charge in [-0.3, -0.25) is 9.69 Å². The van der Waals surface area contributed by atoms with E-state index in [1.54, 1.807) is 11.8 Å². The standard InChI is InChI=1S/C25H28N2O7/c1-10-5-12-6-15-25(31)27-14(19(26(15)3)17(12)21(30)22(10)32-4)7-13-18(16(27)8-28)24-23(33-9-34-24)11(2)20(13)29/h5,14-16,19,28-30H,6-9H2,1-4H3/t14?,15-,16-,19?/m0/s1. The maximum atomic E-state index is 13.9. The van der Waals surface area contributed by atoms with Crippen molar-refractivity contribution in [1.82, 2.24) is 9.80 Å². The second-order valence-corrected chi connectivity index (χ2v) is 9.62. The number of ether oxygens (including phenoxy) is 3. The van der Waals surface area contributed by atoms with E-state index in [1.807, 2.05) is 24.9 Å². The number of nitrogens with zero attached hydrogens (tertiary/aromatic N) is 2. The molecule has 0 aliphatic carbocycles. The van der Waals surface area contributed by atoms with Gasteiger partial charge in [0.05, 0.1) is 37.9 Å². The highest BCUT2D eigenvalue weighted by Gasteiger charge is 2.55. The number of benzene rings is 2. The van der Waals surface area contributed by atoms with Crippen LogP contribution in [0.3, 0.4) is 0 Å². The van der Waals surface area contributed by atoms with Gasteiger partial charge in [-0.05, 0) is 44.9 Å². The number of amides is 1. The number of aryl methyl sites for hydroxylation is 1. The molecule has 2 bridgehead atoms. The Morgan fingerprint density at radius 2 is 1.85 bits per heavy atom. The Morgan fingerprint density at radius 1 is 1.12 bits per heavy atom. The van der Waals surface area contributed by atoms with Crippen molar-refractivity contribution in [3.05, 3.63) is 39.4 Å². The molecular weight excluding hydrogens is 440 g/mol. The van der Waals surface area contributed by atoms with Gasteiger partial charge < -0.3 is 34.4 Å². The van der Waals surface area contributed by atoms with Crippen molar-refractivity contribution in [2.75, 3.05) is 27.6 Å². The van der Waals surface area contributed by atoms with Gasteiger partial charge in [-0.25, -0.2) is 0 Å². The van der Waals surface area contributed by atoms with Crippen LogP contribution in [0.4, 0.5) is 0 Å². The van der Waals surface area contributed by atoms with Crippen LogP contribution in [-0.4, -0.2) is 70.7 Å². The number of methoxy groups -OCH3 is 1. The Hall–Kier alpha value is -3.17. The molecule has 9 heteroatoms. The number of aliphatic hydroxyl groups is 1. The monoisotopic (exact) mass is 468 g/mol. The van der Waals surface area contributed by atoms with E-state index < -0.39 is 18.1 Å². The molecule has 34 heavy (non-hydrogen) atoms. The third kappa shape index (κ3) is 2.48. The Morgan fingerprint density at radius 3 is 2.56 bits per heavy atom. The summed E-state index contributed by atoms with van der Waals surface area (Å²) in [6, 6.07) is 0.109. The van der Waals surface area contributed by atoms with Crippen LogP contribution >= 0.6 is 0 Å². The maximum absolute atomic E-state index is 13.9. The van der Waals surface area contributed by atoms with Crippen LogP contribution in [0, 0.1) is 13.8 Å². The van der Waals surface area contributed by atoms with Gasteiger partial charge in [0.1, 0.15) is 5.75 Å². The molecule has 6 rings (SSSR count). The van der Waals surface area contributed by atoms with Crippen LogP contribution in [0.2, 0.25) is 0 Å². The van der Waals surface area contributed by atoms with Gasteiger partial charge in [-0.2, -0.15) is 0 Å². The minimum absolute atomic E-state index is 0.0238. The van der Waals surface area contributed by atoms with Crippen molar-refractivity contribution < 1.29 is 34.3 Å². The summed E-state index contributed by atoms with van der Waals surface area (Å²) in [6.45, 7) is 3.35. The highest BCUT2D eigenvalue weighted by molar-refractivity contribution is 5.86. The zero-order valence-corrected chi connectivity index (χ0v) is 19.6. The summed E-state index contributed by atoms with van der Waals surface area (Å²) < 4.78 is 16.9. The van der Waals surface area contributed by atoms with Crippen molar-refractivity contribution in [2.24, 2.45) is 0 Å². The first-order chi connectivity index (χ1) is 16.3. The second kappa shape index (κ2) is 7.16. The van der Waals surface area contributed by atoms with Gasteiger partial charge in [0.25, 0.3) is 0 Å². The van der Waals surface area contributed by atoms with Gasteiger partial charge in [-0.15, -0.1) is 0 Å². The normalized spacial score (nSPS) is 26.7. The lowest BCUT2D eigenvalue weighted by Crippen LogP contribution is -2.66. The molecule has 4 heterocycles. The van der Waals surface area contributed by atoms with Crippen LogP contribution in [0.25, 0.3) is 0 Å². The van der Waals surface area contributed by atoms with E-state index in [0.29, 0.717) is 46.8 Å². The molecule has 0 radical (unpaired) electrons. The molecule has 4 aliphatic rings. The molecule has 0 aromatic heterocycles. The number of phenolic OH excluding ortho intramolecular Hbond substituents is 2. The minimum Gasteiger partial charge on any atom is -0.507 e. The Labute approximate surface area is 197 Å². The summed E-state index contributed by atoms with van der Waals surface area (Å²) in [5.41, 5.74) is 4.31. The topological polar surface area (TPSA) is 112 Å². The largest absolute Gasteiger partial charge is 0.507 e. The molecule has 4 aliphatic heterocycles. The van der Waals surface area contributed by atoms with E-state index in [0.717, 1.165) is 16.7 Å². The van der Waals surface area contributed by atoms with E-state index in [-0.39, 0.29) is 36.8 Å². The number of carbonyl (C=O) groups is 1. The maximum Gasteiger partial charge on any atom is 0.241 e. The number of likely N-dealkylation sites (N-methyl/N-ethyl adjacent to an activating group) is 1. The zero-order valence-electron chi connectivity index (χ0n) is 19.6. The fourth-order valence-electron chi connectivity index (χ4n) is 6.62. The number of hydrogen-bond donors (Lipinski definition) is 3. The Bertz CT molecular complexity index is 1240. The molecule has 3 N–H and O–H groups in total. The first-order valence-electron chi connectivity index (χ1n) is 11.5. The molecule has 0 saturated carbocycles. The van der Waals surface area contributed by atoms with Gasteiger partial charge in [0.2, 0.25) is 12.7 Å². The SMILES string of the molecule is COc1c(C)cc2c(c1O)C1C3Cc4c(O)c(C)c5c(c4[C@H](CO)N3C(=O)[C@H](C2)N1C)OCO5. The van der Waals surface area contributed by atoms with Crippen molar-refractivity contribution in [1.29, 1.82) is 0 Å². The predicted molar refractivity (Wildman–Crippen MR) is 121 cm³/mol. The predicted octanol–water partition coefficient (Wildman–Crippen LogP) is 1.85. The van der Waals surface area contributed by atoms with Gasteiger partial charge in [0, 0.05) is 22.3 Å². The summed E-state index contributed by atoms with van der Waals surface area (Å²) in [6.07, 6.45) is 0.794. The van der Waals surface area contributed by atoms with Crippen LogP contribution in [0.15, 0.2) is 6.07 Å². The Kier molecular flexibility index (Phi) is 4.50. The van der Waals surface area contributed by atoms with E-state index in [9.17, 15) is 20.1 Å². The van der Waals surface area contributed by atoms with E-state index >= 15 is 0 Å². The third-order valence-electron chi connectivity index (χ3n) is 8.09. The lowest BCUT2D eigenvalue weighted by atomic mass is 9.73. The highest BCUT2D eigenvalue weighted by Crippen LogP contribution is 2.57. The number of phenols is 2. The number of fused-ring (bicyclic) bond motifs is 9. The number of hydrogen-bond acceptors (Lipinski definition) is 8. The van der Waals surface area contributed by atoms with Crippen LogP contribution in [0.5, 0.6) is 28.7 Å². The highest BCUT2D eigenvalue weighted by atomic mass is 16.7. The second-order valence-electron chi connectivity index (χ2n) is 9.62. The molecule has 9 nitrogen and oxygen atoms in total. The van der Waals surface area contributed by atoms with Crippen molar-refractivity contribution in [3.63, 3.8) is 0 Å². The lowest BCUT2D eigenvalue weighted by Gasteiger charge is -2.57. The molecular formula is C25H28N2O7. The average molecular weight is 469 g/mol. The fraction of sp³-hybridized carbons (Fsp3) is 0.480. The van der Waals surface area contributed by atoms with E-state index in [2.05, 4.69) is 0 Å². The molecule has 2 unspecified atom stereocenters. The fourth-order valence-corrected chi connectivity index (χ4v) is 6.62. The lowest BCUT2D eigenvalue weighted by molar-refractivity contribution is -0.158. The summed E-state index contributed by atoms with van der Waals surface area (Å²) in [7, 11) is 3.43. The molecule has 2 aromatic rings. The summed E-state index contributed by atoms with van der Waals surface area (Å²) in [5, 5.41) is 32.9. The molecule has 2 aromatic carbocycles. The molecule has 1 amide bonds. The van der Waals surface area contributed by atoms with Crippen LogP contribution < -0.4 is 14.2 Å².